The first-order valence-corrected chi connectivity index (χ1v) is 8.98. The van der Waals surface area contributed by atoms with Crippen molar-refractivity contribution in [2.75, 3.05) is 26.2 Å². The van der Waals surface area contributed by atoms with Crippen molar-refractivity contribution in [3.63, 3.8) is 0 Å². The van der Waals surface area contributed by atoms with Gasteiger partial charge in [-0.1, -0.05) is 18.2 Å². The number of rotatable bonds is 4. The Morgan fingerprint density at radius 2 is 1.81 bits per heavy atom. The van der Waals surface area contributed by atoms with Crippen LogP contribution in [0.15, 0.2) is 52.6 Å². The molecule has 1 aliphatic heterocycles. The fraction of sp³-hybridized carbons (Fsp3) is 0.158. The molecule has 0 saturated carbocycles. The number of ether oxygens (including phenoxy) is 2. The van der Waals surface area contributed by atoms with Gasteiger partial charge in [0.1, 0.15) is 5.70 Å². The van der Waals surface area contributed by atoms with Crippen molar-refractivity contribution in [3.05, 3.63) is 58.2 Å². The van der Waals surface area contributed by atoms with Crippen LogP contribution in [0.1, 0.15) is 5.56 Å². The molecule has 0 aliphatic carbocycles. The number of hydrogen-bond donors (Lipinski definition) is 0. The van der Waals surface area contributed by atoms with Crippen LogP contribution < -0.4 is 14.4 Å². The maximum Gasteiger partial charge on any atom is 0.281 e. The minimum Gasteiger partial charge on any atom is -0.493 e. The molecule has 0 spiro atoms. The molecule has 1 aliphatic rings. The van der Waals surface area contributed by atoms with Crippen molar-refractivity contribution in [3.8, 4) is 11.5 Å². The molecule has 26 heavy (non-hydrogen) atoms. The van der Waals surface area contributed by atoms with Crippen LogP contribution in [0, 0.1) is 0 Å². The van der Waals surface area contributed by atoms with Gasteiger partial charge in [0.2, 0.25) is 0 Å². The molecule has 0 radical (unpaired) electrons. The maximum atomic E-state index is 13.0. The number of carbonyl (C=O) groups excluding carboxylic acids is 1. The van der Waals surface area contributed by atoms with E-state index in [0.29, 0.717) is 22.3 Å². The van der Waals surface area contributed by atoms with Gasteiger partial charge in [-0.25, -0.2) is 0 Å². The van der Waals surface area contributed by atoms with Crippen LogP contribution in [0.3, 0.4) is 0 Å². The van der Waals surface area contributed by atoms with Crippen LogP contribution in [0.5, 0.6) is 11.5 Å². The van der Waals surface area contributed by atoms with Crippen LogP contribution in [-0.4, -0.2) is 37.2 Å². The second kappa shape index (κ2) is 7.47. The van der Waals surface area contributed by atoms with E-state index in [-0.39, 0.29) is 5.91 Å². The van der Waals surface area contributed by atoms with Gasteiger partial charge in [0.05, 0.1) is 24.4 Å². The number of methoxy groups -OCH3 is 2. The van der Waals surface area contributed by atoms with Crippen molar-refractivity contribution >= 4 is 50.9 Å². The van der Waals surface area contributed by atoms with E-state index in [1.165, 1.54) is 4.90 Å². The number of likely N-dealkylation sites (N-methyl/N-ethyl adjacent to an activating group) is 1. The smallest absolute Gasteiger partial charge is 0.281 e. The Hall–Kier alpha value is -2.38. The largest absolute Gasteiger partial charge is 0.493 e. The van der Waals surface area contributed by atoms with Gasteiger partial charge in [-0.3, -0.25) is 9.69 Å². The molecule has 1 fully saturated rings. The third kappa shape index (κ3) is 3.20. The van der Waals surface area contributed by atoms with E-state index >= 15 is 0 Å². The number of para-hydroxylation sites is 1. The van der Waals surface area contributed by atoms with Crippen LogP contribution >= 0.6 is 28.1 Å². The average Bonchev–Trinajstić information content (AvgIpc) is 2.85. The second-order valence-corrected chi connectivity index (χ2v) is 6.81. The molecule has 134 valence electrons. The summed E-state index contributed by atoms with van der Waals surface area (Å²) >= 11 is 8.94. The lowest BCUT2D eigenvalue weighted by molar-refractivity contribution is -0.114. The SMILES string of the molecule is COc1cc(/C=C2/C(=O)N(c3ccccc3)C(=S)N2C)cc(Br)c1OC. The zero-order chi connectivity index (χ0) is 18.8. The van der Waals surface area contributed by atoms with E-state index in [4.69, 9.17) is 21.7 Å². The van der Waals surface area contributed by atoms with Gasteiger partial charge < -0.3 is 14.4 Å². The van der Waals surface area contributed by atoms with Gasteiger partial charge >= 0.3 is 0 Å². The lowest BCUT2D eigenvalue weighted by Crippen LogP contribution is -2.30. The molecule has 0 atom stereocenters. The highest BCUT2D eigenvalue weighted by Gasteiger charge is 2.36. The highest BCUT2D eigenvalue weighted by molar-refractivity contribution is 9.10. The normalized spacial score (nSPS) is 15.8. The first kappa shape index (κ1) is 18.4. The van der Waals surface area contributed by atoms with Gasteiger partial charge in [-0.05, 0) is 64.1 Å². The van der Waals surface area contributed by atoms with Crippen molar-refractivity contribution < 1.29 is 14.3 Å². The summed E-state index contributed by atoms with van der Waals surface area (Å²) in [5, 5.41) is 0.437. The monoisotopic (exact) mass is 432 g/mol. The molecule has 2 aromatic rings. The predicted octanol–water partition coefficient (Wildman–Crippen LogP) is 4.07. The Morgan fingerprint density at radius 3 is 2.42 bits per heavy atom. The zero-order valence-electron chi connectivity index (χ0n) is 14.5. The van der Waals surface area contributed by atoms with E-state index in [1.54, 1.807) is 32.2 Å². The summed E-state index contributed by atoms with van der Waals surface area (Å²) in [5.41, 5.74) is 2.02. The topological polar surface area (TPSA) is 42.0 Å². The summed E-state index contributed by atoms with van der Waals surface area (Å²) in [6.07, 6.45) is 1.78. The van der Waals surface area contributed by atoms with Gasteiger partial charge in [-0.2, -0.15) is 0 Å². The minimum atomic E-state index is -0.172. The Balaban J connectivity index is 2.03. The molecule has 1 amide bonds. The van der Waals surface area contributed by atoms with Crippen molar-refractivity contribution in [1.29, 1.82) is 0 Å². The molecule has 0 aromatic heterocycles. The minimum absolute atomic E-state index is 0.172. The van der Waals surface area contributed by atoms with E-state index in [9.17, 15) is 4.79 Å². The number of carbonyl (C=O) groups is 1. The number of amides is 1. The molecule has 5 nitrogen and oxygen atoms in total. The Labute approximate surface area is 165 Å². The molecular formula is C19H17BrN2O3S. The van der Waals surface area contributed by atoms with Crippen molar-refractivity contribution in [2.45, 2.75) is 0 Å². The summed E-state index contributed by atoms with van der Waals surface area (Å²) in [5.74, 6) is 1.00. The molecule has 3 rings (SSSR count). The Kier molecular flexibility index (Phi) is 5.29. The summed E-state index contributed by atoms with van der Waals surface area (Å²) in [4.78, 5) is 16.2. The number of halogens is 1. The highest BCUT2D eigenvalue weighted by Crippen LogP contribution is 2.37. The van der Waals surface area contributed by atoms with Gasteiger partial charge in [0.15, 0.2) is 16.6 Å². The first-order chi connectivity index (χ1) is 12.5. The molecule has 7 heteroatoms. The van der Waals surface area contributed by atoms with Crippen LogP contribution in [0.2, 0.25) is 0 Å². The Bertz CT molecular complexity index is 899. The molecule has 1 heterocycles. The van der Waals surface area contributed by atoms with E-state index in [0.717, 1.165) is 15.7 Å². The number of anilines is 1. The molecule has 0 bridgehead atoms. The fourth-order valence-corrected chi connectivity index (χ4v) is 3.65. The molecule has 1 saturated heterocycles. The summed E-state index contributed by atoms with van der Waals surface area (Å²) < 4.78 is 11.4. The van der Waals surface area contributed by atoms with E-state index < -0.39 is 0 Å². The molecule has 0 N–H and O–H groups in total. The van der Waals surface area contributed by atoms with Crippen molar-refractivity contribution in [1.82, 2.24) is 4.90 Å². The van der Waals surface area contributed by atoms with Crippen LogP contribution in [-0.2, 0) is 4.79 Å². The number of nitrogens with zero attached hydrogens (tertiary/aromatic N) is 2. The van der Waals surface area contributed by atoms with Gasteiger partial charge in [0, 0.05) is 7.05 Å². The maximum absolute atomic E-state index is 13.0. The van der Waals surface area contributed by atoms with Crippen LogP contribution in [0.4, 0.5) is 5.69 Å². The van der Waals surface area contributed by atoms with E-state index in [1.807, 2.05) is 42.5 Å². The van der Waals surface area contributed by atoms with Gasteiger partial charge in [0.25, 0.3) is 5.91 Å². The standard InChI is InChI=1S/C19H17BrN2O3S/c1-21-15(10-12-9-14(20)17(25-3)16(11-12)24-2)18(23)22(19(21)26)13-7-5-4-6-8-13/h4-11H,1-3H3/b15-10-. The third-order valence-corrected chi connectivity index (χ3v) is 5.08. The van der Waals surface area contributed by atoms with E-state index in [2.05, 4.69) is 15.9 Å². The highest BCUT2D eigenvalue weighted by atomic mass is 79.9. The number of benzene rings is 2. The number of thiocarbonyl (C=S) groups is 1. The quantitative estimate of drug-likeness (QED) is 0.537. The molecule has 2 aromatic carbocycles. The zero-order valence-corrected chi connectivity index (χ0v) is 16.9. The van der Waals surface area contributed by atoms with Crippen molar-refractivity contribution in [2.24, 2.45) is 0 Å². The lowest BCUT2D eigenvalue weighted by atomic mass is 10.1. The lowest BCUT2D eigenvalue weighted by Gasteiger charge is -2.16. The molecular weight excluding hydrogens is 416 g/mol. The van der Waals surface area contributed by atoms with Crippen LogP contribution in [0.25, 0.3) is 6.08 Å². The third-order valence-electron chi connectivity index (χ3n) is 4.04. The summed E-state index contributed by atoms with van der Waals surface area (Å²) in [6.45, 7) is 0. The predicted molar refractivity (Wildman–Crippen MR) is 110 cm³/mol. The fourth-order valence-electron chi connectivity index (χ4n) is 2.74. The molecule has 0 unspecified atom stereocenters. The summed E-state index contributed by atoms with van der Waals surface area (Å²) in [6, 6.07) is 13.0. The second-order valence-electron chi connectivity index (χ2n) is 5.59. The Morgan fingerprint density at radius 1 is 1.12 bits per heavy atom. The first-order valence-electron chi connectivity index (χ1n) is 7.78. The average molecular weight is 433 g/mol. The van der Waals surface area contributed by atoms with Gasteiger partial charge in [-0.15, -0.1) is 0 Å². The number of hydrogen-bond acceptors (Lipinski definition) is 4. The summed E-state index contributed by atoms with van der Waals surface area (Å²) in [7, 11) is 4.93.